The van der Waals surface area contributed by atoms with E-state index in [9.17, 15) is 22.8 Å². The molecule has 1 amide bonds. The number of halogens is 5. The number of carbonyl (C=O) groups excluding carboxylic acids is 2. The Bertz CT molecular complexity index is 978. The molecular formula is C21H20Cl2F3N3O3. The smallest absolute Gasteiger partial charge is 0.417 e. The molecule has 6 nitrogen and oxygen atoms in total. The van der Waals surface area contributed by atoms with Crippen molar-refractivity contribution in [2.24, 2.45) is 5.92 Å². The third-order valence-electron chi connectivity index (χ3n) is 5.10. The molecule has 0 bridgehead atoms. The fraction of sp³-hybridized carbons (Fsp3) is 0.381. The van der Waals surface area contributed by atoms with E-state index >= 15 is 0 Å². The second kappa shape index (κ2) is 9.95. The lowest BCUT2D eigenvalue weighted by Crippen LogP contribution is -2.39. The van der Waals surface area contributed by atoms with Crippen molar-refractivity contribution in [3.05, 3.63) is 52.1 Å². The molecule has 1 aromatic carbocycles. The van der Waals surface area contributed by atoms with E-state index in [-0.39, 0.29) is 10.0 Å². The molecule has 1 aliphatic rings. The van der Waals surface area contributed by atoms with Gasteiger partial charge in [0, 0.05) is 19.3 Å². The minimum Gasteiger partial charge on any atom is -0.452 e. The molecule has 1 aromatic heterocycles. The molecule has 0 radical (unpaired) electrons. The Hall–Kier alpha value is -2.52. The standard InChI is InChI=1S/C21H20Cl2F3N3O3/c1-12(19(30)28-16-4-2-3-15(22)18(16)23)32-20(31)13-7-9-29(10-8-13)17-6-5-14(11-27-17)21(24,25)26/h2-6,11-13H,7-10H2,1H3,(H,28,30). The number of rotatable bonds is 5. The Morgan fingerprint density at radius 2 is 1.88 bits per heavy atom. The summed E-state index contributed by atoms with van der Waals surface area (Å²) in [5, 5.41) is 3.04. The SMILES string of the molecule is CC(OC(=O)C1CCN(c2ccc(C(F)(F)F)cn2)CC1)C(=O)Nc1cccc(Cl)c1Cl. The van der Waals surface area contributed by atoms with E-state index in [0.29, 0.717) is 37.4 Å². The summed E-state index contributed by atoms with van der Waals surface area (Å²) in [5.74, 6) is -1.07. The lowest BCUT2D eigenvalue weighted by Gasteiger charge is -2.32. The van der Waals surface area contributed by atoms with Crippen molar-refractivity contribution in [1.82, 2.24) is 4.98 Å². The zero-order valence-electron chi connectivity index (χ0n) is 17.0. The van der Waals surface area contributed by atoms with Crippen molar-refractivity contribution in [3.8, 4) is 0 Å². The van der Waals surface area contributed by atoms with Gasteiger partial charge in [-0.3, -0.25) is 9.59 Å². The van der Waals surface area contributed by atoms with E-state index in [1.807, 2.05) is 0 Å². The highest BCUT2D eigenvalue weighted by atomic mass is 35.5. The number of nitrogens with one attached hydrogen (secondary N) is 1. The van der Waals surface area contributed by atoms with Crippen LogP contribution in [0.2, 0.25) is 10.0 Å². The number of amides is 1. The molecule has 1 fully saturated rings. The van der Waals surface area contributed by atoms with Crippen LogP contribution in [0.5, 0.6) is 0 Å². The number of esters is 1. The summed E-state index contributed by atoms with van der Waals surface area (Å²) in [4.78, 5) is 30.5. The molecule has 1 unspecified atom stereocenters. The number of piperidine rings is 1. The third-order valence-corrected chi connectivity index (χ3v) is 5.92. The van der Waals surface area contributed by atoms with Crippen LogP contribution in [0, 0.1) is 5.92 Å². The average Bonchev–Trinajstić information content (AvgIpc) is 2.76. The van der Waals surface area contributed by atoms with Gasteiger partial charge in [0.15, 0.2) is 6.10 Å². The number of carbonyl (C=O) groups is 2. The number of pyridine rings is 1. The first-order valence-corrected chi connectivity index (χ1v) is 10.6. The van der Waals surface area contributed by atoms with Crippen molar-refractivity contribution >= 4 is 46.6 Å². The summed E-state index contributed by atoms with van der Waals surface area (Å²) >= 11 is 12.0. The zero-order valence-corrected chi connectivity index (χ0v) is 18.5. The minimum absolute atomic E-state index is 0.185. The second-order valence-electron chi connectivity index (χ2n) is 7.33. The summed E-state index contributed by atoms with van der Waals surface area (Å²) < 4.78 is 43.3. The fourth-order valence-corrected chi connectivity index (χ4v) is 3.59. The van der Waals surface area contributed by atoms with Gasteiger partial charge in [0.2, 0.25) is 0 Å². The van der Waals surface area contributed by atoms with E-state index in [2.05, 4.69) is 10.3 Å². The van der Waals surface area contributed by atoms with Crippen LogP contribution in [0.1, 0.15) is 25.3 Å². The van der Waals surface area contributed by atoms with Crippen LogP contribution in [0.3, 0.4) is 0 Å². The van der Waals surface area contributed by atoms with E-state index in [1.54, 1.807) is 23.1 Å². The lowest BCUT2D eigenvalue weighted by molar-refractivity contribution is -0.158. The molecule has 0 saturated carbocycles. The molecule has 32 heavy (non-hydrogen) atoms. The summed E-state index contributed by atoms with van der Waals surface area (Å²) in [7, 11) is 0. The lowest BCUT2D eigenvalue weighted by atomic mass is 9.97. The number of aromatic nitrogens is 1. The van der Waals surface area contributed by atoms with Crippen molar-refractivity contribution in [1.29, 1.82) is 0 Å². The highest BCUT2D eigenvalue weighted by molar-refractivity contribution is 6.44. The maximum atomic E-state index is 12.7. The van der Waals surface area contributed by atoms with Crippen molar-refractivity contribution in [3.63, 3.8) is 0 Å². The summed E-state index contributed by atoms with van der Waals surface area (Å²) in [6, 6.07) is 7.07. The Labute approximate surface area is 192 Å². The zero-order chi connectivity index (χ0) is 23.5. The van der Waals surface area contributed by atoms with Gasteiger partial charge in [-0.2, -0.15) is 13.2 Å². The molecule has 1 aliphatic heterocycles. The molecular weight excluding hydrogens is 470 g/mol. The van der Waals surface area contributed by atoms with Crippen LogP contribution in [0.25, 0.3) is 0 Å². The summed E-state index contributed by atoms with van der Waals surface area (Å²) in [6.45, 7) is 2.31. The quantitative estimate of drug-likeness (QED) is 0.584. The molecule has 2 aromatic rings. The van der Waals surface area contributed by atoms with Crippen molar-refractivity contribution in [2.75, 3.05) is 23.3 Å². The number of benzene rings is 1. The molecule has 1 saturated heterocycles. The average molecular weight is 490 g/mol. The number of anilines is 2. The molecule has 0 aliphatic carbocycles. The maximum absolute atomic E-state index is 12.7. The van der Waals surface area contributed by atoms with Crippen LogP contribution in [0.4, 0.5) is 24.7 Å². The number of ether oxygens (including phenoxy) is 1. The van der Waals surface area contributed by atoms with Gasteiger partial charge in [-0.15, -0.1) is 0 Å². The third kappa shape index (κ3) is 5.83. The molecule has 1 N–H and O–H groups in total. The van der Waals surface area contributed by atoms with Gasteiger partial charge in [0.25, 0.3) is 5.91 Å². The largest absolute Gasteiger partial charge is 0.452 e. The predicted molar refractivity (Wildman–Crippen MR) is 115 cm³/mol. The topological polar surface area (TPSA) is 71.5 Å². The van der Waals surface area contributed by atoms with Crippen LogP contribution in [-0.4, -0.2) is 36.1 Å². The summed E-state index contributed by atoms with van der Waals surface area (Å²) in [6.07, 6.45) is -3.84. The van der Waals surface area contributed by atoms with Crippen molar-refractivity contribution in [2.45, 2.75) is 32.0 Å². The molecule has 1 atom stereocenters. The Morgan fingerprint density at radius 1 is 1.19 bits per heavy atom. The molecule has 2 heterocycles. The van der Waals surface area contributed by atoms with Gasteiger partial charge in [0.05, 0.1) is 27.2 Å². The Balaban J connectivity index is 1.50. The van der Waals surface area contributed by atoms with Gasteiger partial charge in [0.1, 0.15) is 5.82 Å². The van der Waals surface area contributed by atoms with E-state index in [1.165, 1.54) is 13.0 Å². The normalized spacial score (nSPS) is 15.9. The number of hydrogen-bond acceptors (Lipinski definition) is 5. The molecule has 11 heteroatoms. The number of nitrogens with zero attached hydrogens (tertiary/aromatic N) is 2. The van der Waals surface area contributed by atoms with E-state index in [0.717, 1.165) is 12.3 Å². The van der Waals surface area contributed by atoms with Crippen LogP contribution >= 0.6 is 23.2 Å². The van der Waals surface area contributed by atoms with Crippen LogP contribution in [-0.2, 0) is 20.5 Å². The Morgan fingerprint density at radius 3 is 2.47 bits per heavy atom. The van der Waals surface area contributed by atoms with Gasteiger partial charge in [-0.1, -0.05) is 29.3 Å². The minimum atomic E-state index is -4.44. The highest BCUT2D eigenvalue weighted by Crippen LogP contribution is 2.31. The van der Waals surface area contributed by atoms with Crippen LogP contribution in [0.15, 0.2) is 36.5 Å². The highest BCUT2D eigenvalue weighted by Gasteiger charge is 2.32. The monoisotopic (exact) mass is 489 g/mol. The fourth-order valence-electron chi connectivity index (χ4n) is 3.24. The first kappa shape index (κ1) is 24.1. The molecule has 0 spiro atoms. The number of hydrogen-bond donors (Lipinski definition) is 1. The van der Waals surface area contributed by atoms with E-state index in [4.69, 9.17) is 27.9 Å². The van der Waals surface area contributed by atoms with Gasteiger partial charge in [-0.25, -0.2) is 4.98 Å². The first-order valence-electron chi connectivity index (χ1n) is 9.80. The van der Waals surface area contributed by atoms with E-state index < -0.39 is 35.6 Å². The predicted octanol–water partition coefficient (Wildman–Crippen LogP) is 5.19. The maximum Gasteiger partial charge on any atom is 0.417 e. The summed E-state index contributed by atoms with van der Waals surface area (Å²) in [5.41, 5.74) is -0.504. The molecule has 172 valence electrons. The van der Waals surface area contributed by atoms with Gasteiger partial charge < -0.3 is 15.0 Å². The van der Waals surface area contributed by atoms with Crippen molar-refractivity contribution < 1.29 is 27.5 Å². The van der Waals surface area contributed by atoms with Gasteiger partial charge >= 0.3 is 12.1 Å². The first-order chi connectivity index (χ1) is 15.1. The number of alkyl halides is 3. The molecule has 3 rings (SSSR count). The second-order valence-corrected chi connectivity index (χ2v) is 8.12. The van der Waals surface area contributed by atoms with Crippen LogP contribution < -0.4 is 10.2 Å². The Kier molecular flexibility index (Phi) is 7.51. The van der Waals surface area contributed by atoms with Gasteiger partial charge in [-0.05, 0) is 44.0 Å².